The lowest BCUT2D eigenvalue weighted by Crippen LogP contribution is -2.64. The quantitative estimate of drug-likeness (QED) is 0.321. The largest absolute Gasteiger partial charge is 0.398 e. The summed E-state index contributed by atoms with van der Waals surface area (Å²) in [5.41, 5.74) is 5.83. The van der Waals surface area contributed by atoms with Crippen LogP contribution in [-0.4, -0.2) is 53.7 Å². The first-order valence-corrected chi connectivity index (χ1v) is 6.97. The summed E-state index contributed by atoms with van der Waals surface area (Å²) in [7, 11) is 1.32. The van der Waals surface area contributed by atoms with Gasteiger partial charge in [-0.1, -0.05) is 11.2 Å². The van der Waals surface area contributed by atoms with Gasteiger partial charge < -0.3 is 20.8 Å². The predicted molar refractivity (Wildman–Crippen MR) is 78.8 cm³/mol. The predicted octanol–water partition coefficient (Wildman–Crippen LogP) is -0.411. The van der Waals surface area contributed by atoms with E-state index in [2.05, 4.69) is 26.9 Å². The molecule has 2 heterocycles. The summed E-state index contributed by atoms with van der Waals surface area (Å²) in [6, 6.07) is -0.560. The van der Waals surface area contributed by atoms with E-state index in [9.17, 15) is 9.59 Å². The van der Waals surface area contributed by atoms with Gasteiger partial charge in [-0.3, -0.25) is 9.59 Å². The van der Waals surface area contributed by atoms with E-state index in [0.717, 1.165) is 0 Å². The molecule has 1 aliphatic rings. The number of likely N-dealkylation sites (tertiary alicyclic amines) is 1. The van der Waals surface area contributed by atoms with Crippen molar-refractivity contribution in [2.75, 3.05) is 25.9 Å². The Morgan fingerprint density at radius 1 is 1.81 bits per heavy atom. The van der Waals surface area contributed by atoms with E-state index in [1.165, 1.54) is 18.4 Å². The zero-order valence-electron chi connectivity index (χ0n) is 11.4. The van der Waals surface area contributed by atoms with E-state index in [-0.39, 0.29) is 11.6 Å². The number of nitrogens with zero attached hydrogens (tertiary/aromatic N) is 3. The Hall–Kier alpha value is -2.42. The first kappa shape index (κ1) is 15.0. The van der Waals surface area contributed by atoms with Crippen molar-refractivity contribution >= 4 is 34.0 Å². The highest BCUT2D eigenvalue weighted by atomic mass is 32.1. The van der Waals surface area contributed by atoms with Crippen molar-refractivity contribution in [1.82, 2.24) is 15.2 Å². The summed E-state index contributed by atoms with van der Waals surface area (Å²) in [6.07, 6.45) is 1.63. The molecule has 3 N–H and O–H groups in total. The number of amides is 2. The molecule has 2 rings (SSSR count). The highest BCUT2D eigenvalue weighted by Gasteiger charge is 2.37. The van der Waals surface area contributed by atoms with Gasteiger partial charge in [0.1, 0.15) is 18.8 Å². The number of rotatable bonds is 6. The molecule has 2 amide bonds. The summed E-state index contributed by atoms with van der Waals surface area (Å²) >= 11 is 1.19. The molecular formula is C12H15N5O3S. The van der Waals surface area contributed by atoms with Crippen LogP contribution in [0.15, 0.2) is 23.2 Å². The van der Waals surface area contributed by atoms with E-state index < -0.39 is 11.9 Å². The lowest BCUT2D eigenvalue weighted by atomic mass is 10.1. The standard InChI is InChI=1S/C12H15N5O3S/c1-3-4-17-5-7(11(17)19)14-10(18)9(16-20-2)8-6-21-12(13)15-8/h3,6-7H,1,4-5H2,2H3,(H2,13,15)(H,14,18). The van der Waals surface area contributed by atoms with Gasteiger partial charge in [0.2, 0.25) is 5.91 Å². The third-order valence-corrected chi connectivity index (χ3v) is 3.50. The molecule has 8 nitrogen and oxygen atoms in total. The van der Waals surface area contributed by atoms with Crippen LogP contribution >= 0.6 is 11.3 Å². The number of nitrogen functional groups attached to an aromatic ring is 1. The van der Waals surface area contributed by atoms with Crippen LogP contribution in [0.2, 0.25) is 0 Å². The summed E-state index contributed by atoms with van der Waals surface area (Å²) in [4.78, 5) is 34.1. The average Bonchev–Trinajstić information content (AvgIpc) is 2.89. The van der Waals surface area contributed by atoms with Crippen molar-refractivity contribution in [3.8, 4) is 0 Å². The molecule has 1 fully saturated rings. The number of hydrogen-bond acceptors (Lipinski definition) is 7. The second kappa shape index (κ2) is 6.35. The van der Waals surface area contributed by atoms with Crippen molar-refractivity contribution in [1.29, 1.82) is 0 Å². The van der Waals surface area contributed by atoms with Gasteiger partial charge in [0.05, 0.1) is 6.54 Å². The number of β-lactam (4-membered cyclic amide) rings is 1. The Bertz CT molecular complexity index is 597. The van der Waals surface area contributed by atoms with Crippen molar-refractivity contribution in [3.05, 3.63) is 23.7 Å². The summed E-state index contributed by atoms with van der Waals surface area (Å²) in [5, 5.41) is 8.16. The van der Waals surface area contributed by atoms with E-state index in [1.807, 2.05) is 0 Å². The normalized spacial score (nSPS) is 18.1. The molecule has 112 valence electrons. The number of thiazole rings is 1. The Labute approximate surface area is 125 Å². The Kier molecular flexibility index (Phi) is 4.53. The molecule has 21 heavy (non-hydrogen) atoms. The highest BCUT2D eigenvalue weighted by molar-refractivity contribution is 7.13. The van der Waals surface area contributed by atoms with Crippen molar-refractivity contribution in [3.63, 3.8) is 0 Å². The van der Waals surface area contributed by atoms with Gasteiger partial charge in [-0.15, -0.1) is 17.9 Å². The molecule has 1 aromatic heterocycles. The van der Waals surface area contributed by atoms with Crippen LogP contribution in [0.4, 0.5) is 5.13 Å². The van der Waals surface area contributed by atoms with Crippen LogP contribution < -0.4 is 11.1 Å². The molecule has 1 aliphatic heterocycles. The molecular weight excluding hydrogens is 294 g/mol. The van der Waals surface area contributed by atoms with E-state index >= 15 is 0 Å². The Morgan fingerprint density at radius 2 is 2.57 bits per heavy atom. The fourth-order valence-corrected chi connectivity index (χ4v) is 2.39. The minimum Gasteiger partial charge on any atom is -0.398 e. The fraction of sp³-hybridized carbons (Fsp3) is 0.333. The van der Waals surface area contributed by atoms with Crippen LogP contribution in [0.5, 0.6) is 0 Å². The van der Waals surface area contributed by atoms with Gasteiger partial charge in [0.25, 0.3) is 5.91 Å². The van der Waals surface area contributed by atoms with Crippen LogP contribution in [0.25, 0.3) is 0 Å². The summed E-state index contributed by atoms with van der Waals surface area (Å²) < 4.78 is 0. The third kappa shape index (κ3) is 3.19. The summed E-state index contributed by atoms with van der Waals surface area (Å²) in [5.74, 6) is -0.684. The third-order valence-electron chi connectivity index (χ3n) is 2.83. The van der Waals surface area contributed by atoms with Crippen LogP contribution in [-0.2, 0) is 14.4 Å². The smallest absolute Gasteiger partial charge is 0.276 e. The molecule has 1 saturated heterocycles. The Morgan fingerprint density at radius 3 is 3.10 bits per heavy atom. The number of nitrogens with two attached hydrogens (primary N) is 1. The number of carbonyl (C=O) groups excluding carboxylic acids is 2. The molecule has 0 radical (unpaired) electrons. The van der Waals surface area contributed by atoms with Crippen LogP contribution in [0.3, 0.4) is 0 Å². The molecule has 0 aliphatic carbocycles. The molecule has 1 aromatic rings. The van der Waals surface area contributed by atoms with Crippen LogP contribution in [0.1, 0.15) is 5.69 Å². The number of nitrogens with one attached hydrogen (secondary N) is 1. The lowest BCUT2D eigenvalue weighted by molar-refractivity contribution is -0.144. The molecule has 1 unspecified atom stereocenters. The van der Waals surface area contributed by atoms with Crippen molar-refractivity contribution < 1.29 is 14.4 Å². The van der Waals surface area contributed by atoms with Crippen molar-refractivity contribution in [2.24, 2.45) is 5.16 Å². The molecule has 9 heteroatoms. The number of hydrogen-bond donors (Lipinski definition) is 2. The van der Waals surface area contributed by atoms with Crippen molar-refractivity contribution in [2.45, 2.75) is 6.04 Å². The van der Waals surface area contributed by atoms with Crippen LogP contribution in [0, 0.1) is 0 Å². The zero-order chi connectivity index (χ0) is 15.4. The first-order chi connectivity index (χ1) is 10.1. The fourth-order valence-electron chi connectivity index (χ4n) is 1.84. The van der Waals surface area contributed by atoms with Gasteiger partial charge in [-0.2, -0.15) is 0 Å². The monoisotopic (exact) mass is 309 g/mol. The zero-order valence-corrected chi connectivity index (χ0v) is 12.2. The SMILES string of the molecule is C=CCN1CC(NC(=O)C(=NOC)c2csc(N)n2)C1=O. The van der Waals surface area contributed by atoms with Gasteiger partial charge in [-0.05, 0) is 0 Å². The van der Waals surface area contributed by atoms with E-state index in [1.54, 1.807) is 16.4 Å². The maximum atomic E-state index is 12.2. The minimum absolute atomic E-state index is 0.0135. The number of aromatic nitrogens is 1. The topological polar surface area (TPSA) is 110 Å². The van der Waals surface area contributed by atoms with Gasteiger partial charge in [0.15, 0.2) is 10.8 Å². The lowest BCUT2D eigenvalue weighted by Gasteiger charge is -2.37. The number of oxime groups is 1. The van der Waals surface area contributed by atoms with Gasteiger partial charge in [-0.25, -0.2) is 4.98 Å². The maximum absolute atomic E-state index is 12.2. The Balaban J connectivity index is 2.03. The van der Waals surface area contributed by atoms with Gasteiger partial charge in [0, 0.05) is 11.9 Å². The van der Waals surface area contributed by atoms with Gasteiger partial charge >= 0.3 is 0 Å². The molecule has 0 aromatic carbocycles. The second-order valence-corrected chi connectivity index (χ2v) is 5.14. The summed E-state index contributed by atoms with van der Waals surface area (Å²) in [6.45, 7) is 4.47. The maximum Gasteiger partial charge on any atom is 0.276 e. The number of anilines is 1. The highest BCUT2D eigenvalue weighted by Crippen LogP contribution is 2.14. The average molecular weight is 309 g/mol. The molecule has 0 saturated carbocycles. The minimum atomic E-state index is -0.560. The second-order valence-electron chi connectivity index (χ2n) is 4.25. The number of carbonyl (C=O) groups is 2. The molecule has 0 spiro atoms. The molecule has 1 atom stereocenters. The first-order valence-electron chi connectivity index (χ1n) is 6.10. The van der Waals surface area contributed by atoms with E-state index in [4.69, 9.17) is 5.73 Å². The van der Waals surface area contributed by atoms with E-state index in [0.29, 0.717) is 23.9 Å². The molecule has 0 bridgehead atoms.